The molecular formula is C17H18O. The third-order valence-electron chi connectivity index (χ3n) is 5.30. The molecule has 0 aliphatic heterocycles. The molecule has 1 saturated carbocycles. The first-order chi connectivity index (χ1) is 8.67. The number of fused-ring (bicyclic) bond motifs is 4. The first-order valence-corrected chi connectivity index (χ1v) is 6.97. The van der Waals surface area contributed by atoms with Crippen LogP contribution < -0.4 is 0 Å². The summed E-state index contributed by atoms with van der Waals surface area (Å²) in [4.78, 5) is 12.7. The Balaban J connectivity index is 1.79. The maximum Gasteiger partial charge on any atom is 0.144 e. The van der Waals surface area contributed by atoms with Crippen molar-refractivity contribution < 1.29 is 4.79 Å². The molecule has 0 heterocycles. The second-order valence-electron chi connectivity index (χ2n) is 6.38. The van der Waals surface area contributed by atoms with Gasteiger partial charge in [-0.2, -0.15) is 0 Å². The zero-order valence-corrected chi connectivity index (χ0v) is 10.8. The molecule has 3 aliphatic carbocycles. The van der Waals surface area contributed by atoms with Crippen molar-refractivity contribution in [2.75, 3.05) is 0 Å². The molecule has 92 valence electrons. The number of carbonyl (C=O) groups excluding carboxylic acids is 1. The minimum Gasteiger partial charge on any atom is -0.299 e. The number of ketones is 1. The Morgan fingerprint density at radius 1 is 1.22 bits per heavy atom. The number of aryl methyl sites for hydroxylation is 1. The highest BCUT2D eigenvalue weighted by atomic mass is 16.1. The van der Waals surface area contributed by atoms with Crippen molar-refractivity contribution in [2.45, 2.75) is 39.0 Å². The van der Waals surface area contributed by atoms with Gasteiger partial charge in [0.15, 0.2) is 0 Å². The maximum atomic E-state index is 12.7. The standard InChI is InChI=1S/C17H18O/c1-11-2-4-13-10-17(16(18)8-14(13)6-11)9-12-3-5-15(17)7-12/h2-4,6,15H,5,7-10H2,1H3. The van der Waals surface area contributed by atoms with Crippen molar-refractivity contribution >= 4 is 5.78 Å². The van der Waals surface area contributed by atoms with E-state index in [1.807, 2.05) is 0 Å². The lowest BCUT2D eigenvalue weighted by molar-refractivity contribution is -0.131. The average Bonchev–Trinajstić information content (AvgIpc) is 2.92. The van der Waals surface area contributed by atoms with Gasteiger partial charge in [-0.1, -0.05) is 35.4 Å². The highest BCUT2D eigenvalue weighted by Crippen LogP contribution is 2.56. The van der Waals surface area contributed by atoms with Gasteiger partial charge in [0.25, 0.3) is 0 Å². The van der Waals surface area contributed by atoms with E-state index in [1.165, 1.54) is 23.1 Å². The molecule has 3 aliphatic rings. The number of benzene rings is 1. The van der Waals surface area contributed by atoms with Gasteiger partial charge >= 0.3 is 0 Å². The average molecular weight is 238 g/mol. The van der Waals surface area contributed by atoms with E-state index in [1.54, 1.807) is 5.57 Å². The summed E-state index contributed by atoms with van der Waals surface area (Å²) in [6.45, 7) is 2.11. The van der Waals surface area contributed by atoms with Gasteiger partial charge < -0.3 is 0 Å². The Bertz CT molecular complexity index is 581. The highest BCUT2D eigenvalue weighted by Gasteiger charge is 2.53. The Morgan fingerprint density at radius 2 is 2.11 bits per heavy atom. The van der Waals surface area contributed by atoms with Crippen LogP contribution in [0.3, 0.4) is 0 Å². The van der Waals surface area contributed by atoms with Crippen LogP contribution in [0.15, 0.2) is 29.8 Å². The van der Waals surface area contributed by atoms with Crippen LogP contribution in [0.1, 0.15) is 36.0 Å². The summed E-state index contributed by atoms with van der Waals surface area (Å²) in [5.41, 5.74) is 5.50. The van der Waals surface area contributed by atoms with E-state index < -0.39 is 0 Å². The number of hydrogen-bond donors (Lipinski definition) is 0. The smallest absolute Gasteiger partial charge is 0.144 e. The zero-order chi connectivity index (χ0) is 12.3. The lowest BCUT2D eigenvalue weighted by Gasteiger charge is -2.39. The molecule has 0 radical (unpaired) electrons. The quantitative estimate of drug-likeness (QED) is 0.633. The maximum absolute atomic E-state index is 12.7. The molecule has 1 fully saturated rings. The number of hydrogen-bond acceptors (Lipinski definition) is 1. The molecule has 1 spiro atoms. The van der Waals surface area contributed by atoms with Crippen LogP contribution in [0.25, 0.3) is 0 Å². The fourth-order valence-electron chi connectivity index (χ4n) is 4.32. The van der Waals surface area contributed by atoms with Gasteiger partial charge in [-0.05, 0) is 49.7 Å². The molecule has 1 aromatic carbocycles. The van der Waals surface area contributed by atoms with Crippen molar-refractivity contribution in [1.29, 1.82) is 0 Å². The molecule has 2 unspecified atom stereocenters. The van der Waals surface area contributed by atoms with Gasteiger partial charge in [-0.3, -0.25) is 4.79 Å². The van der Waals surface area contributed by atoms with Crippen LogP contribution in [0.2, 0.25) is 0 Å². The summed E-state index contributed by atoms with van der Waals surface area (Å²) >= 11 is 0. The largest absolute Gasteiger partial charge is 0.299 e. The topological polar surface area (TPSA) is 17.1 Å². The number of carbonyl (C=O) groups is 1. The Morgan fingerprint density at radius 3 is 2.83 bits per heavy atom. The normalized spacial score (nSPS) is 32.8. The Labute approximate surface area is 108 Å². The van der Waals surface area contributed by atoms with Gasteiger partial charge in [-0.25, -0.2) is 0 Å². The van der Waals surface area contributed by atoms with Crippen LogP contribution >= 0.6 is 0 Å². The van der Waals surface area contributed by atoms with E-state index in [0.717, 1.165) is 19.3 Å². The van der Waals surface area contributed by atoms with E-state index in [2.05, 4.69) is 31.2 Å². The summed E-state index contributed by atoms with van der Waals surface area (Å²) < 4.78 is 0. The second kappa shape index (κ2) is 3.34. The highest BCUT2D eigenvalue weighted by molar-refractivity contribution is 5.90. The predicted molar refractivity (Wildman–Crippen MR) is 71.5 cm³/mol. The molecule has 1 aromatic rings. The molecule has 2 bridgehead atoms. The van der Waals surface area contributed by atoms with Crippen molar-refractivity contribution in [2.24, 2.45) is 11.3 Å². The van der Waals surface area contributed by atoms with Crippen molar-refractivity contribution in [3.05, 3.63) is 46.5 Å². The number of rotatable bonds is 0. The molecule has 18 heavy (non-hydrogen) atoms. The van der Waals surface area contributed by atoms with E-state index in [4.69, 9.17) is 0 Å². The SMILES string of the molecule is Cc1ccc2c(c1)CC(=O)C1(CC3=CCC1C3)C2. The lowest BCUT2D eigenvalue weighted by Crippen LogP contribution is -2.42. The van der Waals surface area contributed by atoms with E-state index in [9.17, 15) is 4.79 Å². The van der Waals surface area contributed by atoms with Gasteiger partial charge in [0.1, 0.15) is 5.78 Å². The molecule has 0 N–H and O–H groups in total. The van der Waals surface area contributed by atoms with Crippen molar-refractivity contribution in [3.8, 4) is 0 Å². The fourth-order valence-corrected chi connectivity index (χ4v) is 4.32. The summed E-state index contributed by atoms with van der Waals surface area (Å²) in [7, 11) is 0. The van der Waals surface area contributed by atoms with Crippen LogP contribution in [0, 0.1) is 18.3 Å². The second-order valence-corrected chi connectivity index (χ2v) is 6.38. The summed E-state index contributed by atoms with van der Waals surface area (Å²) in [6.07, 6.45) is 7.40. The third kappa shape index (κ3) is 1.25. The van der Waals surface area contributed by atoms with Crippen LogP contribution in [-0.2, 0) is 17.6 Å². The predicted octanol–water partition coefficient (Wildman–Crippen LogP) is 3.39. The van der Waals surface area contributed by atoms with Crippen LogP contribution in [0.5, 0.6) is 0 Å². The Hall–Kier alpha value is -1.37. The lowest BCUT2D eigenvalue weighted by atomic mass is 9.63. The molecule has 0 amide bonds. The van der Waals surface area contributed by atoms with Crippen molar-refractivity contribution in [1.82, 2.24) is 0 Å². The first kappa shape index (κ1) is 10.5. The first-order valence-electron chi connectivity index (χ1n) is 6.97. The summed E-state index contributed by atoms with van der Waals surface area (Å²) in [6, 6.07) is 6.64. The van der Waals surface area contributed by atoms with Crippen LogP contribution in [-0.4, -0.2) is 5.78 Å². The Kier molecular flexibility index (Phi) is 1.96. The summed E-state index contributed by atoms with van der Waals surface area (Å²) in [5.74, 6) is 1.11. The van der Waals surface area contributed by atoms with Gasteiger partial charge in [-0.15, -0.1) is 0 Å². The van der Waals surface area contributed by atoms with Gasteiger partial charge in [0, 0.05) is 11.8 Å². The molecule has 0 saturated heterocycles. The van der Waals surface area contributed by atoms with Gasteiger partial charge in [0.05, 0.1) is 0 Å². The van der Waals surface area contributed by atoms with Gasteiger partial charge in [0.2, 0.25) is 0 Å². The fraction of sp³-hybridized carbons (Fsp3) is 0.471. The molecule has 1 nitrogen and oxygen atoms in total. The summed E-state index contributed by atoms with van der Waals surface area (Å²) in [5, 5.41) is 0. The van der Waals surface area contributed by atoms with E-state index >= 15 is 0 Å². The van der Waals surface area contributed by atoms with Crippen LogP contribution in [0.4, 0.5) is 0 Å². The molecule has 4 rings (SSSR count). The third-order valence-corrected chi connectivity index (χ3v) is 5.30. The van der Waals surface area contributed by atoms with E-state index in [-0.39, 0.29) is 5.41 Å². The van der Waals surface area contributed by atoms with Crippen molar-refractivity contribution in [3.63, 3.8) is 0 Å². The minimum absolute atomic E-state index is 0.0215. The molecule has 0 aromatic heterocycles. The number of Topliss-reactive ketones (excluding diaryl/α,β-unsaturated/α-hetero) is 1. The molecular weight excluding hydrogens is 220 g/mol. The van der Waals surface area contributed by atoms with E-state index in [0.29, 0.717) is 18.1 Å². The molecule has 2 atom stereocenters. The minimum atomic E-state index is -0.0215. The zero-order valence-electron chi connectivity index (χ0n) is 10.8. The molecule has 1 heteroatoms. The monoisotopic (exact) mass is 238 g/mol. The number of allylic oxidation sites excluding steroid dienone is 2.